The van der Waals surface area contributed by atoms with Gasteiger partial charge in [0.05, 0.1) is 5.69 Å². The third kappa shape index (κ3) is 1.90. The van der Waals surface area contributed by atoms with Crippen molar-refractivity contribution >= 4 is 28.8 Å². The second-order valence-corrected chi connectivity index (χ2v) is 4.54. The summed E-state index contributed by atoms with van der Waals surface area (Å²) in [5, 5.41) is 1.15. The van der Waals surface area contributed by atoms with E-state index in [1.54, 1.807) is 12.1 Å². The monoisotopic (exact) mass is 262 g/mol. The van der Waals surface area contributed by atoms with Gasteiger partial charge in [0.1, 0.15) is 10.8 Å². The number of halogens is 2. The summed E-state index contributed by atoms with van der Waals surface area (Å²) in [5.74, 6) is 0. The lowest BCUT2D eigenvalue weighted by molar-refractivity contribution is 1.19. The SMILES string of the molecule is Clc1cc(Cl)n2cc(-c3ccccc3)nc2c1. The first-order chi connectivity index (χ1) is 8.24. The van der Waals surface area contributed by atoms with E-state index in [1.807, 2.05) is 40.9 Å². The summed E-state index contributed by atoms with van der Waals surface area (Å²) in [6.07, 6.45) is 1.91. The zero-order valence-corrected chi connectivity index (χ0v) is 10.3. The summed E-state index contributed by atoms with van der Waals surface area (Å²) < 4.78 is 1.82. The van der Waals surface area contributed by atoms with Crippen molar-refractivity contribution in [1.82, 2.24) is 9.38 Å². The largest absolute Gasteiger partial charge is 0.290 e. The molecule has 0 spiro atoms. The molecule has 0 bridgehead atoms. The van der Waals surface area contributed by atoms with Crippen LogP contribution in [0.15, 0.2) is 48.7 Å². The molecule has 0 aliphatic rings. The van der Waals surface area contributed by atoms with Crippen LogP contribution in [0.2, 0.25) is 10.2 Å². The second-order valence-electron chi connectivity index (χ2n) is 3.72. The van der Waals surface area contributed by atoms with Gasteiger partial charge in [-0.1, -0.05) is 53.5 Å². The number of aromatic nitrogens is 2. The predicted octanol–water partition coefficient (Wildman–Crippen LogP) is 4.31. The number of rotatable bonds is 1. The zero-order valence-electron chi connectivity index (χ0n) is 8.77. The molecule has 0 saturated carbocycles. The van der Waals surface area contributed by atoms with Crippen molar-refractivity contribution in [2.45, 2.75) is 0 Å². The van der Waals surface area contributed by atoms with Gasteiger partial charge in [0.25, 0.3) is 0 Å². The van der Waals surface area contributed by atoms with E-state index in [1.165, 1.54) is 0 Å². The number of fused-ring (bicyclic) bond motifs is 1. The molecule has 0 amide bonds. The van der Waals surface area contributed by atoms with Crippen LogP contribution in [-0.4, -0.2) is 9.38 Å². The molecule has 0 aliphatic carbocycles. The van der Waals surface area contributed by atoms with Gasteiger partial charge in [-0.05, 0) is 6.07 Å². The Morgan fingerprint density at radius 2 is 1.76 bits per heavy atom. The fourth-order valence-electron chi connectivity index (χ4n) is 1.76. The van der Waals surface area contributed by atoms with Crippen LogP contribution in [0.4, 0.5) is 0 Å². The van der Waals surface area contributed by atoms with E-state index in [0.29, 0.717) is 10.2 Å². The van der Waals surface area contributed by atoms with Crippen molar-refractivity contribution < 1.29 is 0 Å². The van der Waals surface area contributed by atoms with Crippen LogP contribution in [0.1, 0.15) is 0 Å². The Morgan fingerprint density at radius 3 is 2.53 bits per heavy atom. The maximum absolute atomic E-state index is 6.10. The Balaban J connectivity index is 2.24. The molecule has 3 rings (SSSR count). The minimum Gasteiger partial charge on any atom is -0.290 e. The van der Waals surface area contributed by atoms with Gasteiger partial charge in [-0.25, -0.2) is 4.98 Å². The molecule has 0 saturated heterocycles. The first-order valence-electron chi connectivity index (χ1n) is 5.13. The van der Waals surface area contributed by atoms with E-state index in [0.717, 1.165) is 16.9 Å². The highest BCUT2D eigenvalue weighted by molar-refractivity contribution is 6.34. The van der Waals surface area contributed by atoms with Crippen LogP contribution >= 0.6 is 23.2 Å². The minimum absolute atomic E-state index is 0.558. The highest BCUT2D eigenvalue weighted by Crippen LogP contribution is 2.24. The average Bonchev–Trinajstić information content (AvgIpc) is 2.74. The topological polar surface area (TPSA) is 17.3 Å². The van der Waals surface area contributed by atoms with Crippen LogP contribution in [-0.2, 0) is 0 Å². The van der Waals surface area contributed by atoms with E-state index in [2.05, 4.69) is 4.98 Å². The summed E-state index contributed by atoms with van der Waals surface area (Å²) in [6.45, 7) is 0. The zero-order chi connectivity index (χ0) is 11.8. The van der Waals surface area contributed by atoms with Gasteiger partial charge >= 0.3 is 0 Å². The third-order valence-electron chi connectivity index (χ3n) is 2.56. The predicted molar refractivity (Wildman–Crippen MR) is 70.6 cm³/mol. The van der Waals surface area contributed by atoms with Gasteiger partial charge in [-0.3, -0.25) is 4.40 Å². The number of pyridine rings is 1. The number of hydrogen-bond acceptors (Lipinski definition) is 1. The van der Waals surface area contributed by atoms with Crippen LogP contribution in [0.3, 0.4) is 0 Å². The molecule has 0 N–H and O–H groups in total. The highest BCUT2D eigenvalue weighted by Gasteiger charge is 2.07. The molecule has 2 nitrogen and oxygen atoms in total. The van der Waals surface area contributed by atoms with E-state index < -0.39 is 0 Å². The molecule has 17 heavy (non-hydrogen) atoms. The van der Waals surface area contributed by atoms with Crippen molar-refractivity contribution in [1.29, 1.82) is 0 Å². The van der Waals surface area contributed by atoms with Gasteiger partial charge in [-0.15, -0.1) is 0 Å². The first-order valence-corrected chi connectivity index (χ1v) is 5.89. The van der Waals surface area contributed by atoms with Crippen molar-refractivity contribution in [2.24, 2.45) is 0 Å². The van der Waals surface area contributed by atoms with Crippen LogP contribution in [0.25, 0.3) is 16.9 Å². The quantitative estimate of drug-likeness (QED) is 0.598. The molecule has 0 unspecified atom stereocenters. The van der Waals surface area contributed by atoms with Gasteiger partial charge in [0.2, 0.25) is 0 Å². The Labute approximate surface area is 108 Å². The fourth-order valence-corrected chi connectivity index (χ4v) is 2.27. The first kappa shape index (κ1) is 10.6. The van der Waals surface area contributed by atoms with Crippen molar-refractivity contribution in [3.05, 3.63) is 58.8 Å². The lowest BCUT2D eigenvalue weighted by Crippen LogP contribution is -1.83. The highest BCUT2D eigenvalue weighted by atomic mass is 35.5. The van der Waals surface area contributed by atoms with Gasteiger partial charge in [0.15, 0.2) is 0 Å². The summed E-state index contributed by atoms with van der Waals surface area (Å²) in [7, 11) is 0. The lowest BCUT2D eigenvalue weighted by atomic mass is 10.2. The van der Waals surface area contributed by atoms with Crippen LogP contribution < -0.4 is 0 Å². The fraction of sp³-hybridized carbons (Fsp3) is 0. The van der Waals surface area contributed by atoms with Crippen molar-refractivity contribution in [3.8, 4) is 11.3 Å². The van der Waals surface area contributed by atoms with E-state index >= 15 is 0 Å². The number of hydrogen-bond donors (Lipinski definition) is 0. The standard InChI is InChI=1S/C13H8Cl2N2/c14-10-6-12(15)17-8-11(16-13(17)7-10)9-4-2-1-3-5-9/h1-8H. The number of benzene rings is 1. The Hall–Kier alpha value is -1.51. The molecule has 3 aromatic rings. The van der Waals surface area contributed by atoms with Crippen molar-refractivity contribution in [2.75, 3.05) is 0 Å². The van der Waals surface area contributed by atoms with Crippen LogP contribution in [0, 0.1) is 0 Å². The normalized spacial score (nSPS) is 10.9. The second kappa shape index (κ2) is 4.06. The molecule has 0 fully saturated rings. The molecule has 2 aromatic heterocycles. The summed E-state index contributed by atoms with van der Waals surface area (Å²) in [4.78, 5) is 4.50. The smallest absolute Gasteiger partial charge is 0.140 e. The van der Waals surface area contributed by atoms with E-state index in [9.17, 15) is 0 Å². The Bertz CT molecular complexity index is 674. The Morgan fingerprint density at radius 1 is 1.00 bits per heavy atom. The van der Waals surface area contributed by atoms with Crippen molar-refractivity contribution in [3.63, 3.8) is 0 Å². The van der Waals surface area contributed by atoms with E-state index in [4.69, 9.17) is 23.2 Å². The van der Waals surface area contributed by atoms with E-state index in [-0.39, 0.29) is 0 Å². The molecule has 0 radical (unpaired) electrons. The average molecular weight is 263 g/mol. The molecular formula is C13H8Cl2N2. The molecular weight excluding hydrogens is 255 g/mol. The number of imidazole rings is 1. The molecule has 0 aliphatic heterocycles. The lowest BCUT2D eigenvalue weighted by Gasteiger charge is -1.96. The maximum Gasteiger partial charge on any atom is 0.140 e. The van der Waals surface area contributed by atoms with Gasteiger partial charge in [-0.2, -0.15) is 0 Å². The third-order valence-corrected chi connectivity index (χ3v) is 3.07. The Kier molecular flexibility index (Phi) is 2.54. The summed E-state index contributed by atoms with van der Waals surface area (Å²) >= 11 is 12.0. The summed E-state index contributed by atoms with van der Waals surface area (Å²) in [6, 6.07) is 13.5. The molecule has 84 valence electrons. The minimum atomic E-state index is 0.558. The molecule has 0 atom stereocenters. The maximum atomic E-state index is 6.10. The van der Waals surface area contributed by atoms with Crippen LogP contribution in [0.5, 0.6) is 0 Å². The van der Waals surface area contributed by atoms with Gasteiger partial charge in [0, 0.05) is 22.8 Å². The number of nitrogens with zero attached hydrogens (tertiary/aromatic N) is 2. The molecule has 1 aromatic carbocycles. The molecule has 4 heteroatoms. The van der Waals surface area contributed by atoms with Gasteiger partial charge < -0.3 is 0 Å². The summed E-state index contributed by atoms with van der Waals surface area (Å²) in [5.41, 5.74) is 2.69. The molecule has 2 heterocycles.